The Morgan fingerprint density at radius 2 is 1.81 bits per heavy atom. The highest BCUT2D eigenvalue weighted by Crippen LogP contribution is 2.56. The molecule has 7 heteroatoms. The number of hydrogen-bond acceptors (Lipinski definition) is 7. The van der Waals surface area contributed by atoms with Gasteiger partial charge in [-0.1, -0.05) is 17.7 Å². The van der Waals surface area contributed by atoms with Crippen molar-refractivity contribution in [3.63, 3.8) is 0 Å². The van der Waals surface area contributed by atoms with Gasteiger partial charge in [-0.25, -0.2) is 0 Å². The molecule has 2 aliphatic heterocycles. The number of carbonyl (C=O) groups excluding carboxylic acids is 2. The second kappa shape index (κ2) is 8.57. The Morgan fingerprint density at radius 1 is 1.06 bits per heavy atom. The van der Waals surface area contributed by atoms with Crippen molar-refractivity contribution in [1.82, 2.24) is 0 Å². The number of allylic oxidation sites excluding steroid dienone is 2. The van der Waals surface area contributed by atoms with E-state index in [0.717, 1.165) is 22.3 Å². The zero-order valence-corrected chi connectivity index (χ0v) is 18.8. The number of ether oxygens (including phenoxy) is 5. The number of rotatable bonds is 5. The molecule has 0 fully saturated rings. The van der Waals surface area contributed by atoms with Gasteiger partial charge in [-0.05, 0) is 26.3 Å². The van der Waals surface area contributed by atoms with E-state index in [4.69, 9.17) is 23.7 Å². The Bertz CT molecular complexity index is 1110. The van der Waals surface area contributed by atoms with E-state index in [1.807, 2.05) is 26.0 Å². The lowest BCUT2D eigenvalue weighted by Gasteiger charge is -2.31. The second-order valence-electron chi connectivity index (χ2n) is 8.13. The Labute approximate surface area is 186 Å². The Hall–Kier alpha value is -3.48. The highest BCUT2D eigenvalue weighted by molar-refractivity contribution is 5.72. The summed E-state index contributed by atoms with van der Waals surface area (Å²) in [7, 11) is 1.59. The average molecular weight is 438 g/mol. The third-order valence-corrected chi connectivity index (χ3v) is 5.48. The van der Waals surface area contributed by atoms with Gasteiger partial charge in [0.2, 0.25) is 0 Å². The molecule has 2 aromatic rings. The maximum Gasteiger partial charge on any atom is 0.308 e. The standard InChI is InChI=1S/C25H26O7/c1-13(2)6-8-18-21(31-15(4)27)11-22-23(24(18)28-5)25-19(12-29-22)17-9-7-16(30-14(3)26)10-20(17)32-25/h6-7,9-11,19,25H,8,12H2,1-5H3/t19-,25+/m0/s1. The van der Waals surface area contributed by atoms with Gasteiger partial charge < -0.3 is 23.7 Å². The second-order valence-corrected chi connectivity index (χ2v) is 8.13. The summed E-state index contributed by atoms with van der Waals surface area (Å²) in [4.78, 5) is 23.1. The van der Waals surface area contributed by atoms with Crippen LogP contribution in [0.25, 0.3) is 0 Å². The Kier molecular flexibility index (Phi) is 5.82. The van der Waals surface area contributed by atoms with Crippen molar-refractivity contribution in [2.75, 3.05) is 13.7 Å². The summed E-state index contributed by atoms with van der Waals surface area (Å²) >= 11 is 0. The van der Waals surface area contributed by atoms with Gasteiger partial charge in [-0.3, -0.25) is 9.59 Å². The lowest BCUT2D eigenvalue weighted by molar-refractivity contribution is -0.132. The van der Waals surface area contributed by atoms with E-state index in [0.29, 0.717) is 41.8 Å². The minimum Gasteiger partial charge on any atom is -0.496 e. The van der Waals surface area contributed by atoms with Crippen molar-refractivity contribution < 1.29 is 33.3 Å². The quantitative estimate of drug-likeness (QED) is 0.381. The summed E-state index contributed by atoms with van der Waals surface area (Å²) in [6, 6.07) is 7.11. The summed E-state index contributed by atoms with van der Waals surface area (Å²) < 4.78 is 28.9. The van der Waals surface area contributed by atoms with Crippen LogP contribution in [0.15, 0.2) is 35.9 Å². The topological polar surface area (TPSA) is 80.3 Å². The van der Waals surface area contributed by atoms with Crippen molar-refractivity contribution in [3.8, 4) is 28.7 Å². The molecule has 0 radical (unpaired) electrons. The monoisotopic (exact) mass is 438 g/mol. The first-order chi connectivity index (χ1) is 15.3. The molecule has 0 spiro atoms. The third-order valence-electron chi connectivity index (χ3n) is 5.48. The van der Waals surface area contributed by atoms with Gasteiger partial charge in [0.1, 0.15) is 34.9 Å². The van der Waals surface area contributed by atoms with E-state index in [2.05, 4.69) is 0 Å². The molecule has 0 unspecified atom stereocenters. The predicted molar refractivity (Wildman–Crippen MR) is 117 cm³/mol. The van der Waals surface area contributed by atoms with Crippen LogP contribution in [0.1, 0.15) is 56.4 Å². The first-order valence-electron chi connectivity index (χ1n) is 10.5. The molecule has 2 aliphatic rings. The van der Waals surface area contributed by atoms with Crippen molar-refractivity contribution in [2.24, 2.45) is 0 Å². The fourth-order valence-corrected chi connectivity index (χ4v) is 4.19. The molecule has 32 heavy (non-hydrogen) atoms. The van der Waals surface area contributed by atoms with Crippen LogP contribution in [0.4, 0.5) is 0 Å². The van der Waals surface area contributed by atoms with Gasteiger partial charge in [0.15, 0.2) is 0 Å². The van der Waals surface area contributed by atoms with Crippen LogP contribution in [0, 0.1) is 0 Å². The molecule has 168 valence electrons. The highest BCUT2D eigenvalue weighted by Gasteiger charge is 2.44. The molecule has 0 N–H and O–H groups in total. The van der Waals surface area contributed by atoms with E-state index < -0.39 is 11.9 Å². The Morgan fingerprint density at radius 3 is 2.47 bits per heavy atom. The smallest absolute Gasteiger partial charge is 0.308 e. The lowest BCUT2D eigenvalue weighted by atomic mass is 9.87. The highest BCUT2D eigenvalue weighted by atomic mass is 16.5. The van der Waals surface area contributed by atoms with Gasteiger partial charge in [0.25, 0.3) is 0 Å². The van der Waals surface area contributed by atoms with Gasteiger partial charge in [-0.2, -0.15) is 0 Å². The number of hydrogen-bond donors (Lipinski definition) is 0. The van der Waals surface area contributed by atoms with Crippen LogP contribution >= 0.6 is 0 Å². The molecule has 0 saturated carbocycles. The Balaban J connectivity index is 1.80. The van der Waals surface area contributed by atoms with Gasteiger partial charge in [0, 0.05) is 37.1 Å². The molecular weight excluding hydrogens is 412 g/mol. The molecule has 0 bridgehead atoms. The maximum atomic E-state index is 11.7. The van der Waals surface area contributed by atoms with Gasteiger partial charge >= 0.3 is 11.9 Å². The molecule has 7 nitrogen and oxygen atoms in total. The number of fused-ring (bicyclic) bond motifs is 5. The van der Waals surface area contributed by atoms with Gasteiger partial charge in [0.05, 0.1) is 25.2 Å². The van der Waals surface area contributed by atoms with Crippen LogP contribution in [0.3, 0.4) is 0 Å². The normalized spacial score (nSPS) is 17.7. The molecule has 4 rings (SSSR count). The minimum absolute atomic E-state index is 0.0475. The summed E-state index contributed by atoms with van der Waals surface area (Å²) in [6.07, 6.45) is 2.24. The third kappa shape index (κ3) is 4.02. The number of methoxy groups -OCH3 is 1. The molecule has 0 aromatic heterocycles. The predicted octanol–water partition coefficient (Wildman–Crippen LogP) is 4.66. The van der Waals surface area contributed by atoms with Crippen LogP contribution in [-0.4, -0.2) is 25.7 Å². The zero-order chi connectivity index (χ0) is 23.0. The van der Waals surface area contributed by atoms with Crippen molar-refractivity contribution in [1.29, 1.82) is 0 Å². The van der Waals surface area contributed by atoms with Crippen LogP contribution < -0.4 is 23.7 Å². The summed E-state index contributed by atoms with van der Waals surface area (Å²) in [5, 5.41) is 0. The number of esters is 2. The molecule has 2 aromatic carbocycles. The SMILES string of the molecule is COc1c(CC=C(C)C)c(OC(C)=O)cc2c1[C@@H]1Oc3cc(OC(C)=O)ccc3[C@@H]1CO2. The van der Waals surface area contributed by atoms with Crippen LogP contribution in [-0.2, 0) is 16.0 Å². The molecule has 0 aliphatic carbocycles. The molecular formula is C25H26O7. The number of benzene rings is 2. The van der Waals surface area contributed by atoms with Crippen LogP contribution in [0.5, 0.6) is 28.7 Å². The summed E-state index contributed by atoms with van der Waals surface area (Å²) in [5.41, 5.74) is 3.65. The zero-order valence-electron chi connectivity index (χ0n) is 18.8. The van der Waals surface area contributed by atoms with Crippen molar-refractivity contribution in [3.05, 3.63) is 52.6 Å². The van der Waals surface area contributed by atoms with E-state index in [-0.39, 0.29) is 12.0 Å². The first-order valence-corrected chi connectivity index (χ1v) is 10.5. The van der Waals surface area contributed by atoms with E-state index in [1.54, 1.807) is 25.3 Å². The molecule has 0 saturated heterocycles. The largest absolute Gasteiger partial charge is 0.496 e. The van der Waals surface area contributed by atoms with E-state index in [1.165, 1.54) is 13.8 Å². The van der Waals surface area contributed by atoms with Crippen molar-refractivity contribution in [2.45, 2.75) is 46.1 Å². The van der Waals surface area contributed by atoms with Crippen molar-refractivity contribution >= 4 is 11.9 Å². The summed E-state index contributed by atoms with van der Waals surface area (Å²) in [5.74, 6) is 1.78. The minimum atomic E-state index is -0.415. The fraction of sp³-hybridized carbons (Fsp3) is 0.360. The first kappa shape index (κ1) is 21.7. The average Bonchev–Trinajstić information content (AvgIpc) is 3.08. The maximum absolute atomic E-state index is 11.7. The molecule has 2 atom stereocenters. The number of carbonyl (C=O) groups is 2. The van der Waals surface area contributed by atoms with Crippen LogP contribution in [0.2, 0.25) is 0 Å². The molecule has 0 amide bonds. The fourth-order valence-electron chi connectivity index (χ4n) is 4.19. The molecule has 2 heterocycles. The van der Waals surface area contributed by atoms with E-state index >= 15 is 0 Å². The van der Waals surface area contributed by atoms with Gasteiger partial charge in [-0.15, -0.1) is 0 Å². The van der Waals surface area contributed by atoms with E-state index in [9.17, 15) is 9.59 Å². The lowest BCUT2D eigenvalue weighted by Crippen LogP contribution is -2.24. The summed E-state index contributed by atoms with van der Waals surface area (Å²) in [6.45, 7) is 7.13.